The van der Waals surface area contributed by atoms with Gasteiger partial charge in [0, 0.05) is 5.39 Å². The lowest BCUT2D eigenvalue weighted by atomic mass is 10.2. The Labute approximate surface area is 103 Å². The Morgan fingerprint density at radius 1 is 1.53 bits per heavy atom. The minimum atomic E-state index is 0.110. The Hall–Kier alpha value is -2.08. The van der Waals surface area contributed by atoms with Gasteiger partial charge in [-0.3, -0.25) is 5.43 Å². The zero-order chi connectivity index (χ0) is 12.3. The smallest absolute Gasteiger partial charge is 0.184 e. The second-order valence-electron chi connectivity index (χ2n) is 3.29. The minimum absolute atomic E-state index is 0.110. The number of hydrogen-bond acceptors (Lipinski definition) is 4. The Kier molecular flexibility index (Phi) is 3.24. The molecule has 0 unspecified atom stereocenters. The molecule has 0 aliphatic rings. The van der Waals surface area contributed by atoms with Gasteiger partial charge in [0.05, 0.1) is 13.3 Å². The SMILES string of the molecule is COc1ccc2oc(/C=N/NC(N)=S)cc2c1. The van der Waals surface area contributed by atoms with E-state index in [1.807, 2.05) is 24.3 Å². The molecule has 0 aliphatic heterocycles. The highest BCUT2D eigenvalue weighted by Crippen LogP contribution is 2.23. The largest absolute Gasteiger partial charge is 0.497 e. The van der Waals surface area contributed by atoms with Gasteiger partial charge in [-0.1, -0.05) is 0 Å². The highest BCUT2D eigenvalue weighted by molar-refractivity contribution is 7.80. The number of rotatable bonds is 3. The molecule has 1 heterocycles. The molecule has 2 aromatic rings. The fourth-order valence-electron chi connectivity index (χ4n) is 1.39. The Balaban J connectivity index is 2.25. The molecule has 2 rings (SSSR count). The molecule has 0 aliphatic carbocycles. The van der Waals surface area contributed by atoms with Crippen LogP contribution in [0.2, 0.25) is 0 Å². The van der Waals surface area contributed by atoms with E-state index in [-0.39, 0.29) is 5.11 Å². The average molecular weight is 249 g/mol. The van der Waals surface area contributed by atoms with Crippen molar-refractivity contribution in [2.24, 2.45) is 10.8 Å². The highest BCUT2D eigenvalue weighted by atomic mass is 32.1. The van der Waals surface area contributed by atoms with Crippen molar-refractivity contribution < 1.29 is 9.15 Å². The summed E-state index contributed by atoms with van der Waals surface area (Å²) in [6.07, 6.45) is 1.51. The molecule has 0 fully saturated rings. The number of ether oxygens (including phenoxy) is 1. The van der Waals surface area contributed by atoms with Crippen molar-refractivity contribution >= 4 is 34.5 Å². The van der Waals surface area contributed by atoms with Crippen LogP contribution < -0.4 is 15.9 Å². The van der Waals surface area contributed by atoms with E-state index in [0.717, 1.165) is 16.7 Å². The van der Waals surface area contributed by atoms with Crippen LogP contribution in [0.4, 0.5) is 0 Å². The Bertz CT molecular complexity index is 577. The van der Waals surface area contributed by atoms with Crippen LogP contribution in [0.25, 0.3) is 11.0 Å². The lowest BCUT2D eigenvalue weighted by molar-refractivity contribution is 0.415. The van der Waals surface area contributed by atoms with Crippen LogP contribution in [0.5, 0.6) is 5.75 Å². The lowest BCUT2D eigenvalue weighted by Gasteiger charge is -1.96. The lowest BCUT2D eigenvalue weighted by Crippen LogP contribution is -2.23. The molecule has 0 saturated heterocycles. The number of nitrogens with one attached hydrogen (secondary N) is 1. The third-order valence-electron chi connectivity index (χ3n) is 2.11. The topological polar surface area (TPSA) is 72.8 Å². The number of hydrogen-bond donors (Lipinski definition) is 2. The van der Waals surface area contributed by atoms with Crippen molar-refractivity contribution in [3.8, 4) is 5.75 Å². The fraction of sp³-hybridized carbons (Fsp3) is 0.0909. The summed E-state index contributed by atoms with van der Waals surface area (Å²) in [6.45, 7) is 0. The summed E-state index contributed by atoms with van der Waals surface area (Å²) in [5.74, 6) is 1.39. The van der Waals surface area contributed by atoms with Crippen LogP contribution in [-0.4, -0.2) is 18.4 Å². The summed E-state index contributed by atoms with van der Waals surface area (Å²) in [6, 6.07) is 7.41. The number of nitrogens with two attached hydrogens (primary N) is 1. The summed E-state index contributed by atoms with van der Waals surface area (Å²) in [5.41, 5.74) is 8.45. The molecule has 17 heavy (non-hydrogen) atoms. The number of methoxy groups -OCH3 is 1. The Morgan fingerprint density at radius 3 is 3.06 bits per heavy atom. The first-order valence-electron chi connectivity index (χ1n) is 4.85. The highest BCUT2D eigenvalue weighted by Gasteiger charge is 2.02. The zero-order valence-electron chi connectivity index (χ0n) is 9.14. The molecule has 0 spiro atoms. The third kappa shape index (κ3) is 2.73. The standard InChI is InChI=1S/C11H11N3O2S/c1-15-8-2-3-10-7(4-8)5-9(16-10)6-13-14-11(12)17/h2-6H,1H3,(H3,12,14,17)/b13-6+. The quantitative estimate of drug-likeness (QED) is 0.491. The maximum atomic E-state index is 5.52. The van der Waals surface area contributed by atoms with Gasteiger partial charge >= 0.3 is 0 Å². The molecule has 1 aromatic carbocycles. The van der Waals surface area contributed by atoms with E-state index in [1.54, 1.807) is 7.11 Å². The molecule has 0 atom stereocenters. The second kappa shape index (κ2) is 4.84. The number of thiocarbonyl (C=S) groups is 1. The van der Waals surface area contributed by atoms with Crippen LogP contribution in [-0.2, 0) is 0 Å². The number of hydrazone groups is 1. The molecule has 0 radical (unpaired) electrons. The summed E-state index contributed by atoms with van der Waals surface area (Å²) in [4.78, 5) is 0. The summed E-state index contributed by atoms with van der Waals surface area (Å²) < 4.78 is 10.6. The van der Waals surface area contributed by atoms with Gasteiger partial charge in [0.15, 0.2) is 5.11 Å². The Morgan fingerprint density at radius 2 is 2.35 bits per heavy atom. The summed E-state index contributed by atoms with van der Waals surface area (Å²) in [7, 11) is 1.62. The first kappa shape index (κ1) is 11.4. The van der Waals surface area contributed by atoms with Crippen molar-refractivity contribution in [3.05, 3.63) is 30.0 Å². The van der Waals surface area contributed by atoms with Gasteiger partial charge in [-0.15, -0.1) is 0 Å². The van der Waals surface area contributed by atoms with Gasteiger partial charge in [0.25, 0.3) is 0 Å². The van der Waals surface area contributed by atoms with Gasteiger partial charge < -0.3 is 14.9 Å². The van der Waals surface area contributed by atoms with Gasteiger partial charge in [-0.25, -0.2) is 0 Å². The van der Waals surface area contributed by atoms with Gasteiger partial charge in [0.2, 0.25) is 0 Å². The summed E-state index contributed by atoms with van der Waals surface area (Å²) in [5, 5.41) is 4.87. The van der Waals surface area contributed by atoms with E-state index in [2.05, 4.69) is 22.7 Å². The molecule has 6 heteroatoms. The van der Waals surface area contributed by atoms with E-state index in [0.29, 0.717) is 5.76 Å². The van der Waals surface area contributed by atoms with Crippen molar-refractivity contribution in [2.45, 2.75) is 0 Å². The van der Waals surface area contributed by atoms with Crippen molar-refractivity contribution in [1.82, 2.24) is 5.43 Å². The molecular formula is C11H11N3O2S. The van der Waals surface area contributed by atoms with Crippen LogP contribution in [0.1, 0.15) is 5.76 Å². The molecule has 1 aromatic heterocycles. The second-order valence-corrected chi connectivity index (χ2v) is 3.73. The summed E-state index contributed by atoms with van der Waals surface area (Å²) >= 11 is 4.61. The average Bonchev–Trinajstić information content (AvgIpc) is 2.69. The minimum Gasteiger partial charge on any atom is -0.497 e. The normalized spacial score (nSPS) is 10.9. The van der Waals surface area contributed by atoms with Crippen molar-refractivity contribution in [2.75, 3.05) is 7.11 Å². The van der Waals surface area contributed by atoms with Crippen LogP contribution in [0.3, 0.4) is 0 Å². The van der Waals surface area contributed by atoms with Crippen molar-refractivity contribution in [3.63, 3.8) is 0 Å². The number of nitrogens with zero attached hydrogens (tertiary/aromatic N) is 1. The molecule has 3 N–H and O–H groups in total. The molecule has 0 saturated carbocycles. The van der Waals surface area contributed by atoms with Gasteiger partial charge in [-0.2, -0.15) is 5.10 Å². The maximum absolute atomic E-state index is 5.52. The van der Waals surface area contributed by atoms with E-state index in [4.69, 9.17) is 14.9 Å². The molecule has 5 nitrogen and oxygen atoms in total. The molecule has 0 bridgehead atoms. The zero-order valence-corrected chi connectivity index (χ0v) is 9.95. The van der Waals surface area contributed by atoms with E-state index in [9.17, 15) is 0 Å². The predicted octanol–water partition coefficient (Wildman–Crippen LogP) is 1.61. The monoisotopic (exact) mass is 249 g/mol. The number of fused-ring (bicyclic) bond motifs is 1. The third-order valence-corrected chi connectivity index (χ3v) is 2.20. The number of furan rings is 1. The van der Waals surface area contributed by atoms with Crippen LogP contribution >= 0.6 is 12.2 Å². The molecule has 88 valence electrons. The van der Waals surface area contributed by atoms with Crippen LogP contribution in [0, 0.1) is 0 Å². The van der Waals surface area contributed by atoms with E-state index in [1.165, 1.54) is 6.21 Å². The van der Waals surface area contributed by atoms with Crippen LogP contribution in [0.15, 0.2) is 33.8 Å². The maximum Gasteiger partial charge on any atom is 0.184 e. The van der Waals surface area contributed by atoms with Gasteiger partial charge in [-0.05, 0) is 36.5 Å². The van der Waals surface area contributed by atoms with Crippen molar-refractivity contribution in [1.29, 1.82) is 0 Å². The first-order chi connectivity index (χ1) is 8.19. The first-order valence-corrected chi connectivity index (χ1v) is 5.26. The fourth-order valence-corrected chi connectivity index (χ4v) is 1.44. The van der Waals surface area contributed by atoms with E-state index >= 15 is 0 Å². The van der Waals surface area contributed by atoms with Gasteiger partial charge in [0.1, 0.15) is 17.1 Å². The predicted molar refractivity (Wildman–Crippen MR) is 70.3 cm³/mol. The molecule has 0 amide bonds. The van der Waals surface area contributed by atoms with E-state index < -0.39 is 0 Å². The molecular weight excluding hydrogens is 238 g/mol. The number of benzene rings is 1.